The zero-order chi connectivity index (χ0) is 42.5. The number of benzene rings is 6. The Morgan fingerprint density at radius 1 is 0.531 bits per heavy atom. The van der Waals surface area contributed by atoms with Gasteiger partial charge in [0.2, 0.25) is 0 Å². The SMILES string of the molecule is C1=CC2=c3ccccc3=C(C3=CC=CC(N(C4=CCC(c5ccc(-c6ccccc6)cc5)C=C4)c4ccc5c(c4)C(C4=CCCC=C4)(c4ccccc4)c4ccccc4-5)C3)CC2C=C1. The van der Waals surface area contributed by atoms with Crippen LogP contribution < -0.4 is 15.3 Å². The van der Waals surface area contributed by atoms with Gasteiger partial charge in [0.25, 0.3) is 0 Å². The molecule has 1 nitrogen and oxygen atoms in total. The van der Waals surface area contributed by atoms with E-state index in [4.69, 9.17) is 0 Å². The maximum Gasteiger partial charge on any atom is 0.0711 e. The van der Waals surface area contributed by atoms with E-state index in [1.807, 2.05) is 0 Å². The molecule has 64 heavy (non-hydrogen) atoms. The molecule has 4 atom stereocenters. The Labute approximate surface area is 377 Å². The van der Waals surface area contributed by atoms with Crippen molar-refractivity contribution in [3.63, 3.8) is 0 Å². The molecule has 6 aromatic carbocycles. The van der Waals surface area contributed by atoms with E-state index in [1.165, 1.54) is 88.6 Å². The van der Waals surface area contributed by atoms with Gasteiger partial charge in [-0.25, -0.2) is 0 Å². The topological polar surface area (TPSA) is 3.24 Å². The fourth-order valence-corrected chi connectivity index (χ4v) is 11.7. The summed E-state index contributed by atoms with van der Waals surface area (Å²) in [6.45, 7) is 0. The molecule has 0 radical (unpaired) electrons. The Morgan fingerprint density at radius 3 is 2.11 bits per heavy atom. The van der Waals surface area contributed by atoms with E-state index in [0.29, 0.717) is 11.8 Å². The van der Waals surface area contributed by atoms with Crippen molar-refractivity contribution < 1.29 is 0 Å². The van der Waals surface area contributed by atoms with Crippen LogP contribution in [0.25, 0.3) is 33.4 Å². The Morgan fingerprint density at radius 2 is 1.30 bits per heavy atom. The third-order valence-electron chi connectivity index (χ3n) is 14.6. The highest BCUT2D eigenvalue weighted by atomic mass is 15.2. The second-order valence-electron chi connectivity index (χ2n) is 18.1. The number of nitrogens with zero attached hydrogens (tertiary/aromatic N) is 1. The quantitative estimate of drug-likeness (QED) is 0.148. The van der Waals surface area contributed by atoms with Gasteiger partial charge in [-0.2, -0.15) is 0 Å². The molecule has 0 amide bonds. The van der Waals surface area contributed by atoms with E-state index in [0.717, 1.165) is 32.1 Å². The molecule has 0 aromatic heterocycles. The van der Waals surface area contributed by atoms with E-state index in [9.17, 15) is 0 Å². The Kier molecular flexibility index (Phi) is 9.71. The first kappa shape index (κ1) is 38.5. The number of rotatable bonds is 8. The molecule has 0 fully saturated rings. The number of hydrogen-bond donors (Lipinski definition) is 0. The Hall–Kier alpha value is -7.22. The van der Waals surface area contributed by atoms with E-state index < -0.39 is 5.41 Å². The van der Waals surface area contributed by atoms with Gasteiger partial charge in [-0.3, -0.25) is 0 Å². The Bertz CT molecular complexity index is 3180. The molecule has 0 saturated heterocycles. The molecule has 6 aliphatic rings. The van der Waals surface area contributed by atoms with Crippen molar-refractivity contribution in [1.82, 2.24) is 0 Å². The second-order valence-corrected chi connectivity index (χ2v) is 18.1. The lowest BCUT2D eigenvalue weighted by Gasteiger charge is -2.39. The number of anilines is 1. The minimum atomic E-state index is -0.426. The lowest BCUT2D eigenvalue weighted by molar-refractivity contribution is 0.721. The van der Waals surface area contributed by atoms with Gasteiger partial charge in [0.1, 0.15) is 0 Å². The van der Waals surface area contributed by atoms with Crippen LogP contribution in [0.3, 0.4) is 0 Å². The number of fused-ring (bicyclic) bond motifs is 5. The number of hydrogen-bond acceptors (Lipinski definition) is 1. The summed E-state index contributed by atoms with van der Waals surface area (Å²) in [6.07, 6.45) is 36.0. The normalized spacial score (nSPS) is 22.5. The van der Waals surface area contributed by atoms with Gasteiger partial charge in [0.15, 0.2) is 0 Å². The van der Waals surface area contributed by atoms with Crippen LogP contribution in [-0.4, -0.2) is 6.04 Å². The molecule has 0 heterocycles. The smallest absolute Gasteiger partial charge is 0.0711 e. The molecule has 0 spiro atoms. The summed E-state index contributed by atoms with van der Waals surface area (Å²) < 4.78 is 0. The average Bonchev–Trinajstić information content (AvgIpc) is 3.68. The van der Waals surface area contributed by atoms with E-state index >= 15 is 0 Å². The monoisotopic (exact) mass is 821 g/mol. The van der Waals surface area contributed by atoms with Crippen molar-refractivity contribution in [2.75, 3.05) is 4.90 Å². The summed E-state index contributed by atoms with van der Waals surface area (Å²) in [7, 11) is 0. The molecule has 6 aliphatic carbocycles. The standard InChI is InChI=1S/C63H51N/c1-4-17-44(18-5-1)45-31-33-46(34-32-45)47-35-37-52(38-36-47)64(53-25-16-20-48(41-53)60-42-49-19-10-11-26-55(49)56-27-12-13-28-57(56)60)54-39-40-59-58-29-14-15-30-61(58)63(62(59)43-54,50-21-6-2-7-22-50)51-23-8-3-9-24-51/h1-2,4-8,10-35,37-40,43,47,49,53H,3,9,36,41-42H2. The van der Waals surface area contributed by atoms with E-state index in [2.05, 4.69) is 236 Å². The summed E-state index contributed by atoms with van der Waals surface area (Å²) >= 11 is 0. The molecule has 6 aromatic rings. The highest BCUT2D eigenvalue weighted by Gasteiger charge is 2.47. The van der Waals surface area contributed by atoms with Crippen molar-refractivity contribution in [3.05, 3.63) is 280 Å². The average molecular weight is 822 g/mol. The first-order valence-electron chi connectivity index (χ1n) is 23.3. The minimum absolute atomic E-state index is 0.117. The summed E-state index contributed by atoms with van der Waals surface area (Å²) in [4.78, 5) is 2.66. The molecular formula is C63H51N. The minimum Gasteiger partial charge on any atom is -0.334 e. The first-order chi connectivity index (χ1) is 31.7. The lowest BCUT2D eigenvalue weighted by Crippen LogP contribution is -2.38. The summed E-state index contributed by atoms with van der Waals surface area (Å²) in [6, 6.07) is 56.9. The predicted octanol–water partition coefficient (Wildman–Crippen LogP) is 13.8. The zero-order valence-electron chi connectivity index (χ0n) is 36.2. The first-order valence-corrected chi connectivity index (χ1v) is 23.3. The maximum atomic E-state index is 2.66. The lowest BCUT2D eigenvalue weighted by atomic mass is 9.66. The molecule has 0 aliphatic heterocycles. The van der Waals surface area contributed by atoms with Gasteiger partial charge in [-0.15, -0.1) is 0 Å². The summed E-state index contributed by atoms with van der Waals surface area (Å²) in [5, 5.41) is 2.76. The van der Waals surface area contributed by atoms with Crippen LogP contribution in [0.2, 0.25) is 0 Å². The zero-order valence-corrected chi connectivity index (χ0v) is 36.2. The molecule has 0 saturated carbocycles. The largest absolute Gasteiger partial charge is 0.334 e. The highest BCUT2D eigenvalue weighted by Crippen LogP contribution is 2.58. The maximum absolute atomic E-state index is 2.66. The van der Waals surface area contributed by atoms with Crippen LogP contribution in [-0.2, 0) is 5.41 Å². The molecule has 4 unspecified atom stereocenters. The fraction of sp³-hybridized carbons (Fsp3) is 0.143. The molecule has 308 valence electrons. The van der Waals surface area contributed by atoms with Crippen LogP contribution in [0.15, 0.2) is 247 Å². The van der Waals surface area contributed by atoms with Crippen LogP contribution >= 0.6 is 0 Å². The van der Waals surface area contributed by atoms with Crippen molar-refractivity contribution in [1.29, 1.82) is 0 Å². The molecule has 0 N–H and O–H groups in total. The van der Waals surface area contributed by atoms with Gasteiger partial charge in [0.05, 0.1) is 11.5 Å². The number of allylic oxidation sites excluding steroid dienone is 13. The van der Waals surface area contributed by atoms with Gasteiger partial charge in [-0.1, -0.05) is 212 Å². The van der Waals surface area contributed by atoms with Crippen LogP contribution in [0.4, 0.5) is 5.69 Å². The van der Waals surface area contributed by atoms with Crippen LogP contribution in [0.5, 0.6) is 0 Å². The third-order valence-corrected chi connectivity index (χ3v) is 14.6. The van der Waals surface area contributed by atoms with Gasteiger partial charge in [0, 0.05) is 23.2 Å². The van der Waals surface area contributed by atoms with Gasteiger partial charge in [-0.05, 0) is 128 Å². The van der Waals surface area contributed by atoms with Gasteiger partial charge < -0.3 is 4.90 Å². The summed E-state index contributed by atoms with van der Waals surface area (Å²) in [5.41, 5.74) is 18.4. The summed E-state index contributed by atoms with van der Waals surface area (Å²) in [5.74, 6) is 0.710. The van der Waals surface area contributed by atoms with Crippen molar-refractivity contribution in [2.24, 2.45) is 5.92 Å². The molecular weight excluding hydrogens is 771 g/mol. The van der Waals surface area contributed by atoms with Crippen LogP contribution in [0, 0.1) is 5.92 Å². The van der Waals surface area contributed by atoms with Gasteiger partial charge >= 0.3 is 0 Å². The molecule has 12 rings (SSSR count). The molecule has 1 heteroatoms. The van der Waals surface area contributed by atoms with Crippen molar-refractivity contribution in [2.45, 2.75) is 49.5 Å². The second kappa shape index (κ2) is 16.2. The third kappa shape index (κ3) is 6.45. The van der Waals surface area contributed by atoms with E-state index in [1.54, 1.807) is 0 Å². The Balaban J connectivity index is 0.978. The van der Waals surface area contributed by atoms with Crippen molar-refractivity contribution in [3.8, 4) is 22.3 Å². The highest BCUT2D eigenvalue weighted by molar-refractivity contribution is 5.88. The predicted molar refractivity (Wildman–Crippen MR) is 268 cm³/mol. The fourth-order valence-electron chi connectivity index (χ4n) is 11.7. The van der Waals surface area contributed by atoms with E-state index in [-0.39, 0.29) is 6.04 Å². The van der Waals surface area contributed by atoms with Crippen molar-refractivity contribution >= 4 is 16.8 Å². The molecule has 0 bridgehead atoms. The van der Waals surface area contributed by atoms with Crippen LogP contribution in [0.1, 0.15) is 60.3 Å².